The average molecular weight is 337 g/mol. The van der Waals surface area contributed by atoms with Crippen molar-refractivity contribution < 1.29 is 19.4 Å². The fourth-order valence-corrected chi connectivity index (χ4v) is 3.62. The van der Waals surface area contributed by atoms with Gasteiger partial charge in [-0.15, -0.1) is 0 Å². The summed E-state index contributed by atoms with van der Waals surface area (Å²) in [6.07, 6.45) is 3.04. The highest BCUT2D eigenvalue weighted by Crippen LogP contribution is 2.45. The zero-order valence-electron chi connectivity index (χ0n) is 13.0. The molecule has 2 unspecified atom stereocenters. The molecule has 1 aliphatic carbocycles. The molecule has 0 radical (unpaired) electrons. The Labute approximate surface area is 141 Å². The minimum Gasteiger partial charge on any atom is -0.481 e. The Morgan fingerprint density at radius 3 is 2.70 bits per heavy atom. The van der Waals surface area contributed by atoms with E-state index in [1.165, 1.54) is 0 Å². The molecule has 5 nitrogen and oxygen atoms in total. The fourth-order valence-electron chi connectivity index (χ4n) is 3.07. The summed E-state index contributed by atoms with van der Waals surface area (Å²) in [6.45, 7) is 0.633. The maximum absolute atomic E-state index is 11.6. The zero-order valence-corrected chi connectivity index (χ0v) is 13.9. The van der Waals surface area contributed by atoms with Crippen molar-refractivity contribution in [3.8, 4) is 0 Å². The lowest BCUT2D eigenvalue weighted by Gasteiger charge is -2.28. The van der Waals surface area contributed by atoms with E-state index in [2.05, 4.69) is 17.9 Å². The second-order valence-corrected chi connectivity index (χ2v) is 6.58. The molecule has 1 saturated carbocycles. The lowest BCUT2D eigenvalue weighted by atomic mass is 9.81. The number of carbonyl (C=O) groups is 2. The maximum atomic E-state index is 11.6. The highest BCUT2D eigenvalue weighted by atomic mass is 32.1. The van der Waals surface area contributed by atoms with Crippen LogP contribution in [0.1, 0.15) is 37.7 Å². The molecular weight excluding hydrogens is 314 g/mol. The Balaban J connectivity index is 1.68. The van der Waals surface area contributed by atoms with Gasteiger partial charge in [-0.2, -0.15) is 12.6 Å². The van der Waals surface area contributed by atoms with Gasteiger partial charge in [0.15, 0.2) is 0 Å². The Hall–Kier alpha value is -1.69. The van der Waals surface area contributed by atoms with Crippen molar-refractivity contribution in [1.82, 2.24) is 5.32 Å². The number of amides is 1. The second kappa shape index (κ2) is 8.24. The van der Waals surface area contributed by atoms with Gasteiger partial charge in [0.25, 0.3) is 0 Å². The normalized spacial score (nSPS) is 23.4. The van der Waals surface area contributed by atoms with Gasteiger partial charge in [0.05, 0.1) is 5.41 Å². The van der Waals surface area contributed by atoms with Crippen LogP contribution in [0.25, 0.3) is 0 Å². The highest BCUT2D eigenvalue weighted by molar-refractivity contribution is 7.81. The number of thiol groups is 1. The molecule has 0 heterocycles. The third kappa shape index (κ3) is 4.64. The molecular formula is C17H23NO4S. The second-order valence-electron chi connectivity index (χ2n) is 5.96. The summed E-state index contributed by atoms with van der Waals surface area (Å²) < 4.78 is 5.11. The smallest absolute Gasteiger partial charge is 0.407 e. The molecule has 1 aromatic rings. The van der Waals surface area contributed by atoms with Gasteiger partial charge < -0.3 is 15.2 Å². The first-order valence-corrected chi connectivity index (χ1v) is 8.42. The number of hydrogen-bond donors (Lipinski definition) is 3. The number of aliphatic carboxylic acids is 1. The number of nitrogens with one attached hydrogen (secondary N) is 1. The molecule has 1 fully saturated rings. The monoisotopic (exact) mass is 337 g/mol. The number of carbonyl (C=O) groups excluding carboxylic acids is 1. The molecule has 6 heteroatoms. The molecule has 2 rings (SSSR count). The minimum absolute atomic E-state index is 0.106. The van der Waals surface area contributed by atoms with Gasteiger partial charge in [-0.1, -0.05) is 36.8 Å². The third-order valence-corrected chi connectivity index (χ3v) is 5.20. The van der Waals surface area contributed by atoms with Gasteiger partial charge >= 0.3 is 12.1 Å². The largest absolute Gasteiger partial charge is 0.481 e. The van der Waals surface area contributed by atoms with Gasteiger partial charge in [-0.05, 0) is 31.2 Å². The van der Waals surface area contributed by atoms with Crippen LogP contribution in [0.4, 0.5) is 4.79 Å². The lowest BCUT2D eigenvalue weighted by molar-refractivity contribution is -0.148. The van der Waals surface area contributed by atoms with E-state index < -0.39 is 17.5 Å². The van der Waals surface area contributed by atoms with Gasteiger partial charge in [0.1, 0.15) is 6.61 Å². The first-order valence-electron chi connectivity index (χ1n) is 7.90. The molecule has 1 aromatic carbocycles. The van der Waals surface area contributed by atoms with Crippen molar-refractivity contribution >= 4 is 24.7 Å². The predicted molar refractivity (Wildman–Crippen MR) is 90.6 cm³/mol. The molecule has 1 aliphatic rings. The summed E-state index contributed by atoms with van der Waals surface area (Å²) in [5, 5.41) is 12.1. The number of rotatable bonds is 7. The summed E-state index contributed by atoms with van der Waals surface area (Å²) in [6, 6.07) is 9.45. The molecule has 0 saturated heterocycles. The van der Waals surface area contributed by atoms with E-state index in [0.29, 0.717) is 25.8 Å². The van der Waals surface area contributed by atoms with Crippen LogP contribution in [-0.4, -0.2) is 29.0 Å². The predicted octanol–water partition coefficient (Wildman–Crippen LogP) is 3.25. The van der Waals surface area contributed by atoms with E-state index >= 15 is 0 Å². The van der Waals surface area contributed by atoms with E-state index in [4.69, 9.17) is 4.74 Å². The van der Waals surface area contributed by atoms with E-state index in [1.54, 1.807) is 0 Å². The average Bonchev–Trinajstić information content (AvgIpc) is 2.93. The van der Waals surface area contributed by atoms with Gasteiger partial charge in [-0.25, -0.2) is 4.79 Å². The van der Waals surface area contributed by atoms with Crippen molar-refractivity contribution in [1.29, 1.82) is 0 Å². The third-order valence-electron chi connectivity index (χ3n) is 4.45. The molecule has 2 atom stereocenters. The van der Waals surface area contributed by atoms with Gasteiger partial charge in [-0.3, -0.25) is 4.79 Å². The number of alkyl carbamates (subject to hydrolysis) is 1. The SMILES string of the molecule is O=C(NCCCC1(C(=O)O)CCCC1S)OCc1ccccc1. The summed E-state index contributed by atoms with van der Waals surface area (Å²) in [4.78, 5) is 23.2. The maximum Gasteiger partial charge on any atom is 0.407 e. The minimum atomic E-state index is -0.776. The Morgan fingerprint density at radius 2 is 2.09 bits per heavy atom. The number of carboxylic acids is 1. The van der Waals surface area contributed by atoms with Crippen LogP contribution in [0.2, 0.25) is 0 Å². The number of carboxylic acid groups (broad SMARTS) is 1. The highest BCUT2D eigenvalue weighted by Gasteiger charge is 2.46. The summed E-state index contributed by atoms with van der Waals surface area (Å²) in [5.74, 6) is -0.776. The molecule has 23 heavy (non-hydrogen) atoms. The first-order chi connectivity index (χ1) is 11.0. The fraction of sp³-hybridized carbons (Fsp3) is 0.529. The number of benzene rings is 1. The summed E-state index contributed by atoms with van der Waals surface area (Å²) in [5.41, 5.74) is 0.176. The van der Waals surface area contributed by atoms with Crippen molar-refractivity contribution in [2.24, 2.45) is 5.41 Å². The van der Waals surface area contributed by atoms with Crippen LogP contribution in [0.3, 0.4) is 0 Å². The molecule has 0 aromatic heterocycles. The molecule has 0 bridgehead atoms. The quantitative estimate of drug-likeness (QED) is 0.527. The van der Waals surface area contributed by atoms with Crippen LogP contribution >= 0.6 is 12.6 Å². The van der Waals surface area contributed by atoms with Gasteiger partial charge in [0, 0.05) is 11.8 Å². The lowest BCUT2D eigenvalue weighted by Crippen LogP contribution is -2.36. The van der Waals surface area contributed by atoms with E-state index in [9.17, 15) is 14.7 Å². The van der Waals surface area contributed by atoms with Crippen molar-refractivity contribution in [3.63, 3.8) is 0 Å². The van der Waals surface area contributed by atoms with Crippen LogP contribution < -0.4 is 5.32 Å². The summed E-state index contributed by atoms with van der Waals surface area (Å²) in [7, 11) is 0. The Bertz CT molecular complexity index is 537. The van der Waals surface area contributed by atoms with Crippen molar-refractivity contribution in [3.05, 3.63) is 35.9 Å². The van der Waals surface area contributed by atoms with Crippen molar-refractivity contribution in [2.45, 2.75) is 44.0 Å². The van der Waals surface area contributed by atoms with Crippen molar-refractivity contribution in [2.75, 3.05) is 6.54 Å². The number of ether oxygens (including phenoxy) is 1. The molecule has 0 spiro atoms. The Morgan fingerprint density at radius 1 is 1.35 bits per heavy atom. The zero-order chi connectivity index (χ0) is 16.7. The molecule has 2 N–H and O–H groups in total. The summed E-state index contributed by atoms with van der Waals surface area (Å²) >= 11 is 4.44. The topological polar surface area (TPSA) is 75.6 Å². The van der Waals surface area contributed by atoms with Crippen LogP contribution in [-0.2, 0) is 16.1 Å². The standard InChI is InChI=1S/C17H23NO4S/c19-15(20)17(9-4-8-14(17)23)10-5-11-18-16(21)22-12-13-6-2-1-3-7-13/h1-3,6-7,14,23H,4-5,8-12H2,(H,18,21)(H,19,20). The number of hydrogen-bond acceptors (Lipinski definition) is 4. The van der Waals surface area contributed by atoms with Crippen LogP contribution in [0.15, 0.2) is 30.3 Å². The van der Waals surface area contributed by atoms with Crippen LogP contribution in [0, 0.1) is 5.41 Å². The Kier molecular flexibility index (Phi) is 6.33. The molecule has 1 amide bonds. The van der Waals surface area contributed by atoms with E-state index in [-0.39, 0.29) is 11.9 Å². The van der Waals surface area contributed by atoms with E-state index in [0.717, 1.165) is 18.4 Å². The molecule has 126 valence electrons. The first kappa shape index (κ1) is 17.7. The van der Waals surface area contributed by atoms with Gasteiger partial charge in [0.2, 0.25) is 0 Å². The van der Waals surface area contributed by atoms with E-state index in [1.807, 2.05) is 30.3 Å². The molecule has 0 aliphatic heterocycles. The van der Waals surface area contributed by atoms with Crippen LogP contribution in [0.5, 0.6) is 0 Å².